The normalized spacial score (nSPS) is 11.2. The van der Waals surface area contributed by atoms with Crippen LogP contribution in [-0.2, 0) is 14.8 Å². The van der Waals surface area contributed by atoms with Crippen LogP contribution in [0.3, 0.4) is 0 Å². The molecule has 1 amide bonds. The smallest absolute Gasteiger partial charge is 0.260 e. The van der Waals surface area contributed by atoms with Crippen molar-refractivity contribution in [2.45, 2.75) is 6.92 Å². The number of sulfonamides is 1. The highest BCUT2D eigenvalue weighted by molar-refractivity contribution is 7.92. The molecule has 0 atom stereocenters. The van der Waals surface area contributed by atoms with Crippen LogP contribution in [0.4, 0.5) is 5.69 Å². The van der Waals surface area contributed by atoms with Gasteiger partial charge in [-0.2, -0.15) is 5.10 Å². The predicted molar refractivity (Wildman–Crippen MR) is 118 cm³/mol. The van der Waals surface area contributed by atoms with Crippen LogP contribution in [0, 0.1) is 6.92 Å². The summed E-state index contributed by atoms with van der Waals surface area (Å²) in [4.78, 5) is 12.3. The van der Waals surface area contributed by atoms with Crippen LogP contribution in [0.1, 0.15) is 11.1 Å². The lowest BCUT2D eigenvalue weighted by Crippen LogP contribution is -2.39. The highest BCUT2D eigenvalue weighted by Crippen LogP contribution is 2.30. The maximum atomic E-state index is 12.3. The number of aryl methyl sites for hydroxylation is 1. The number of hydrogen-bond acceptors (Lipinski definition) is 6. The Kier molecular flexibility index (Phi) is 7.99. The Morgan fingerprint density at radius 3 is 2.53 bits per heavy atom. The van der Waals surface area contributed by atoms with Gasteiger partial charge in [0.25, 0.3) is 5.91 Å². The molecule has 0 saturated carbocycles. The van der Waals surface area contributed by atoms with Gasteiger partial charge in [0, 0.05) is 0 Å². The average molecular weight is 432 g/mol. The fraction of sp³-hybridized carbons (Fsp3) is 0.238. The molecule has 30 heavy (non-hydrogen) atoms. The summed E-state index contributed by atoms with van der Waals surface area (Å²) < 4.78 is 36.2. The average Bonchev–Trinajstić information content (AvgIpc) is 2.70. The van der Waals surface area contributed by atoms with Crippen LogP contribution < -0.4 is 19.2 Å². The number of amides is 1. The van der Waals surface area contributed by atoms with Crippen LogP contribution in [0.25, 0.3) is 0 Å². The zero-order chi connectivity index (χ0) is 22.1. The molecule has 0 unspecified atom stereocenters. The fourth-order valence-electron chi connectivity index (χ4n) is 2.53. The summed E-state index contributed by atoms with van der Waals surface area (Å²) in [5, 5.41) is 3.89. The van der Waals surface area contributed by atoms with Gasteiger partial charge in [-0.1, -0.05) is 18.7 Å². The summed E-state index contributed by atoms with van der Waals surface area (Å²) in [6.45, 7) is 5.37. The molecule has 1 N–H and O–H groups in total. The quantitative estimate of drug-likeness (QED) is 0.354. The third-order valence-electron chi connectivity index (χ3n) is 3.94. The Balaban J connectivity index is 2.08. The number of nitrogens with zero attached hydrogens (tertiary/aromatic N) is 2. The second kappa shape index (κ2) is 10.4. The second-order valence-corrected chi connectivity index (χ2v) is 8.31. The van der Waals surface area contributed by atoms with Gasteiger partial charge in [0.05, 0.1) is 25.3 Å². The first-order valence-corrected chi connectivity index (χ1v) is 10.9. The molecule has 2 aromatic rings. The van der Waals surface area contributed by atoms with E-state index < -0.39 is 22.5 Å². The standard InChI is InChI=1S/C21H25N3O5S/c1-5-12-29-18-9-7-17(8-10-18)14-22-23-21(25)15-24(30(4,26)27)19-13-16(2)6-11-20(19)28-3/h5-11,13-14H,1,12,15H2,2-4H3,(H,23,25)/b22-14-. The molecule has 8 nitrogen and oxygen atoms in total. The molecule has 0 aliphatic rings. The van der Waals surface area contributed by atoms with Crippen molar-refractivity contribution in [2.75, 3.05) is 30.8 Å². The predicted octanol–water partition coefficient (Wildman–Crippen LogP) is 2.48. The zero-order valence-electron chi connectivity index (χ0n) is 17.2. The van der Waals surface area contributed by atoms with Crippen molar-refractivity contribution < 1.29 is 22.7 Å². The maximum absolute atomic E-state index is 12.3. The van der Waals surface area contributed by atoms with Crippen molar-refractivity contribution in [1.82, 2.24) is 5.43 Å². The minimum absolute atomic E-state index is 0.286. The van der Waals surface area contributed by atoms with E-state index in [1.807, 2.05) is 6.92 Å². The topological polar surface area (TPSA) is 97.3 Å². The Morgan fingerprint density at radius 2 is 1.93 bits per heavy atom. The molecule has 0 saturated heterocycles. The Bertz CT molecular complexity index is 1020. The monoisotopic (exact) mass is 431 g/mol. The number of carbonyl (C=O) groups is 1. The first kappa shape index (κ1) is 23.0. The Labute approximate surface area is 176 Å². The van der Waals surface area contributed by atoms with E-state index in [9.17, 15) is 13.2 Å². The lowest BCUT2D eigenvalue weighted by atomic mass is 10.2. The van der Waals surface area contributed by atoms with E-state index >= 15 is 0 Å². The number of hydrazone groups is 1. The summed E-state index contributed by atoms with van der Waals surface area (Å²) >= 11 is 0. The highest BCUT2D eigenvalue weighted by atomic mass is 32.2. The van der Waals surface area contributed by atoms with Crippen LogP contribution in [-0.4, -0.2) is 47.1 Å². The number of methoxy groups -OCH3 is 1. The van der Waals surface area contributed by atoms with E-state index in [0.717, 1.165) is 21.7 Å². The Hall–Kier alpha value is -3.33. The summed E-state index contributed by atoms with van der Waals surface area (Å²) in [7, 11) is -2.30. The molecule has 0 bridgehead atoms. The van der Waals surface area contributed by atoms with Gasteiger partial charge in [0.2, 0.25) is 10.0 Å². The number of rotatable bonds is 10. The van der Waals surface area contributed by atoms with Gasteiger partial charge in [-0.3, -0.25) is 9.10 Å². The Morgan fingerprint density at radius 1 is 1.23 bits per heavy atom. The number of carbonyl (C=O) groups excluding carboxylic acids is 1. The van der Waals surface area contributed by atoms with Gasteiger partial charge in [0.15, 0.2) is 0 Å². The minimum atomic E-state index is -3.73. The molecule has 0 spiro atoms. The summed E-state index contributed by atoms with van der Waals surface area (Å²) in [6.07, 6.45) is 4.13. The van der Waals surface area contributed by atoms with Gasteiger partial charge in [-0.15, -0.1) is 0 Å². The molecule has 0 heterocycles. The van der Waals surface area contributed by atoms with Crippen LogP contribution >= 0.6 is 0 Å². The van der Waals surface area contributed by atoms with Crippen LogP contribution in [0.2, 0.25) is 0 Å². The number of nitrogens with one attached hydrogen (secondary N) is 1. The van der Waals surface area contributed by atoms with E-state index in [1.165, 1.54) is 13.3 Å². The van der Waals surface area contributed by atoms with Gasteiger partial charge < -0.3 is 9.47 Å². The molecule has 9 heteroatoms. The first-order chi connectivity index (χ1) is 14.2. The van der Waals surface area contributed by atoms with Crippen molar-refractivity contribution in [3.63, 3.8) is 0 Å². The molecule has 0 radical (unpaired) electrons. The maximum Gasteiger partial charge on any atom is 0.260 e. The highest BCUT2D eigenvalue weighted by Gasteiger charge is 2.24. The van der Waals surface area contributed by atoms with E-state index in [1.54, 1.807) is 48.5 Å². The van der Waals surface area contributed by atoms with Gasteiger partial charge >= 0.3 is 0 Å². The van der Waals surface area contributed by atoms with Crippen molar-refractivity contribution in [1.29, 1.82) is 0 Å². The van der Waals surface area contributed by atoms with Crippen molar-refractivity contribution >= 4 is 27.8 Å². The number of anilines is 1. The van der Waals surface area contributed by atoms with Gasteiger partial charge in [-0.05, 0) is 54.4 Å². The van der Waals surface area contributed by atoms with Crippen molar-refractivity contribution in [3.05, 3.63) is 66.2 Å². The molecule has 0 aliphatic carbocycles. The molecular formula is C21H25N3O5S. The van der Waals surface area contributed by atoms with Crippen molar-refractivity contribution in [3.8, 4) is 11.5 Å². The SMILES string of the molecule is C=CCOc1ccc(/C=N\NC(=O)CN(c2cc(C)ccc2OC)S(C)(=O)=O)cc1. The lowest BCUT2D eigenvalue weighted by Gasteiger charge is -2.23. The van der Waals surface area contributed by atoms with E-state index in [2.05, 4.69) is 17.1 Å². The summed E-state index contributed by atoms with van der Waals surface area (Å²) in [5.74, 6) is 0.444. The van der Waals surface area contributed by atoms with Crippen LogP contribution in [0.15, 0.2) is 60.2 Å². The second-order valence-electron chi connectivity index (χ2n) is 6.41. The number of benzene rings is 2. The molecule has 0 aromatic heterocycles. The molecule has 0 fully saturated rings. The lowest BCUT2D eigenvalue weighted by molar-refractivity contribution is -0.119. The first-order valence-electron chi connectivity index (χ1n) is 9.02. The summed E-state index contributed by atoms with van der Waals surface area (Å²) in [6, 6.07) is 12.2. The van der Waals surface area contributed by atoms with Crippen molar-refractivity contribution in [2.24, 2.45) is 5.10 Å². The van der Waals surface area contributed by atoms with E-state index in [4.69, 9.17) is 9.47 Å². The molecular weight excluding hydrogens is 406 g/mol. The number of ether oxygens (including phenoxy) is 2. The zero-order valence-corrected chi connectivity index (χ0v) is 18.0. The molecule has 2 aromatic carbocycles. The van der Waals surface area contributed by atoms with Gasteiger partial charge in [-0.25, -0.2) is 13.8 Å². The van der Waals surface area contributed by atoms with E-state index in [0.29, 0.717) is 18.1 Å². The summed E-state index contributed by atoms with van der Waals surface area (Å²) in [5.41, 5.74) is 4.20. The largest absolute Gasteiger partial charge is 0.495 e. The van der Waals surface area contributed by atoms with E-state index in [-0.39, 0.29) is 5.69 Å². The molecule has 160 valence electrons. The molecule has 2 rings (SSSR count). The minimum Gasteiger partial charge on any atom is -0.495 e. The third-order valence-corrected chi connectivity index (χ3v) is 5.07. The van der Waals surface area contributed by atoms with Gasteiger partial charge in [0.1, 0.15) is 24.7 Å². The molecule has 0 aliphatic heterocycles. The fourth-order valence-corrected chi connectivity index (χ4v) is 3.38. The van der Waals surface area contributed by atoms with Crippen LogP contribution in [0.5, 0.6) is 11.5 Å². The third kappa shape index (κ3) is 6.63. The number of hydrogen-bond donors (Lipinski definition) is 1.